The summed E-state index contributed by atoms with van der Waals surface area (Å²) < 4.78 is 5.66. The number of amides is 2. The number of anilines is 1. The molecule has 0 aliphatic heterocycles. The van der Waals surface area contributed by atoms with Crippen molar-refractivity contribution >= 4 is 45.8 Å². The van der Waals surface area contributed by atoms with Crippen LogP contribution in [0.5, 0.6) is 0 Å². The van der Waals surface area contributed by atoms with E-state index >= 15 is 0 Å². The molecule has 4 N–H and O–H groups in total. The van der Waals surface area contributed by atoms with Crippen LogP contribution in [0, 0.1) is 0 Å². The highest BCUT2D eigenvalue weighted by atomic mass is 79.9. The molecule has 0 spiro atoms. The normalized spacial score (nSPS) is 10.7. The summed E-state index contributed by atoms with van der Waals surface area (Å²) in [5.74, 6) is -0.381. The standard InChI is InChI=1S/C16H18BrN3O3.ClH/c1-16(2,9-18)20-14(21)10-3-5-11(6-4-10)19-15(22)12-7-8-13(17)23-12;/h3-8H,9,18H2,1-2H3,(H,19,22)(H,20,21);1H. The van der Waals surface area contributed by atoms with E-state index in [9.17, 15) is 9.59 Å². The zero-order valence-corrected chi connectivity index (χ0v) is 15.7. The first-order valence-corrected chi connectivity index (χ1v) is 7.79. The van der Waals surface area contributed by atoms with E-state index in [-0.39, 0.29) is 30.0 Å². The molecule has 130 valence electrons. The zero-order chi connectivity index (χ0) is 17.0. The molecule has 1 aromatic carbocycles. The van der Waals surface area contributed by atoms with Crippen LogP contribution in [0.2, 0.25) is 0 Å². The molecular weight excluding hydrogens is 398 g/mol. The Hall–Kier alpha value is -1.83. The van der Waals surface area contributed by atoms with E-state index < -0.39 is 5.54 Å². The zero-order valence-electron chi connectivity index (χ0n) is 13.3. The quantitative estimate of drug-likeness (QED) is 0.697. The Labute approximate surface area is 154 Å². The van der Waals surface area contributed by atoms with Gasteiger partial charge in [0.1, 0.15) is 0 Å². The molecule has 0 radical (unpaired) electrons. The van der Waals surface area contributed by atoms with Crippen LogP contribution in [-0.2, 0) is 0 Å². The lowest BCUT2D eigenvalue weighted by Crippen LogP contribution is -2.48. The van der Waals surface area contributed by atoms with Crippen molar-refractivity contribution in [2.24, 2.45) is 5.73 Å². The van der Waals surface area contributed by atoms with E-state index in [1.807, 2.05) is 13.8 Å². The lowest BCUT2D eigenvalue weighted by molar-refractivity contribution is 0.0915. The van der Waals surface area contributed by atoms with Crippen LogP contribution in [0.4, 0.5) is 5.69 Å². The van der Waals surface area contributed by atoms with Gasteiger partial charge in [0.25, 0.3) is 11.8 Å². The summed E-state index contributed by atoms with van der Waals surface area (Å²) in [4.78, 5) is 24.1. The summed E-state index contributed by atoms with van der Waals surface area (Å²) >= 11 is 3.14. The number of rotatable bonds is 5. The number of halogens is 2. The highest BCUT2D eigenvalue weighted by Crippen LogP contribution is 2.16. The SMILES string of the molecule is CC(C)(CN)NC(=O)c1ccc(NC(=O)c2ccc(Br)o2)cc1.Cl. The molecule has 0 unspecified atom stereocenters. The van der Waals surface area contributed by atoms with Crippen molar-refractivity contribution in [2.45, 2.75) is 19.4 Å². The van der Waals surface area contributed by atoms with E-state index in [0.29, 0.717) is 22.5 Å². The third-order valence-corrected chi connectivity index (χ3v) is 3.59. The number of nitrogens with one attached hydrogen (secondary N) is 2. The van der Waals surface area contributed by atoms with Gasteiger partial charge in [-0.25, -0.2) is 0 Å². The lowest BCUT2D eigenvalue weighted by Gasteiger charge is -2.24. The topological polar surface area (TPSA) is 97.4 Å². The number of hydrogen-bond donors (Lipinski definition) is 3. The summed E-state index contributed by atoms with van der Waals surface area (Å²) in [5, 5.41) is 5.53. The average molecular weight is 417 g/mol. The Bertz CT molecular complexity index is 714. The second kappa shape index (κ2) is 8.32. The van der Waals surface area contributed by atoms with Crippen molar-refractivity contribution in [2.75, 3.05) is 11.9 Å². The minimum atomic E-state index is -0.476. The van der Waals surface area contributed by atoms with Gasteiger partial charge in [-0.1, -0.05) is 0 Å². The first kappa shape index (κ1) is 20.2. The summed E-state index contributed by atoms with van der Waals surface area (Å²) in [6.07, 6.45) is 0. The van der Waals surface area contributed by atoms with Crippen molar-refractivity contribution in [3.8, 4) is 0 Å². The Balaban J connectivity index is 0.00000288. The molecule has 1 aromatic heterocycles. The van der Waals surface area contributed by atoms with E-state index in [4.69, 9.17) is 10.2 Å². The second-order valence-electron chi connectivity index (χ2n) is 5.68. The van der Waals surface area contributed by atoms with E-state index in [0.717, 1.165) is 0 Å². The molecule has 0 atom stereocenters. The lowest BCUT2D eigenvalue weighted by atomic mass is 10.1. The van der Waals surface area contributed by atoms with Gasteiger partial charge in [-0.05, 0) is 66.2 Å². The Kier molecular flexibility index (Phi) is 7.01. The van der Waals surface area contributed by atoms with Crippen LogP contribution in [0.25, 0.3) is 0 Å². The summed E-state index contributed by atoms with van der Waals surface area (Å²) in [5.41, 5.74) is 6.18. The minimum absolute atomic E-state index is 0. The third kappa shape index (κ3) is 5.36. The van der Waals surface area contributed by atoms with Crippen molar-refractivity contribution in [1.82, 2.24) is 5.32 Å². The molecule has 2 amide bonds. The van der Waals surface area contributed by atoms with E-state index in [1.165, 1.54) is 0 Å². The molecular formula is C16H19BrClN3O3. The predicted octanol–water partition coefficient (Wildman–Crippen LogP) is 3.18. The van der Waals surface area contributed by atoms with Crippen molar-refractivity contribution in [3.63, 3.8) is 0 Å². The van der Waals surface area contributed by atoms with E-state index in [2.05, 4.69) is 26.6 Å². The molecule has 0 saturated carbocycles. The number of carbonyl (C=O) groups is 2. The van der Waals surface area contributed by atoms with Gasteiger partial charge in [0.2, 0.25) is 0 Å². The van der Waals surface area contributed by atoms with Crippen LogP contribution in [0.1, 0.15) is 34.8 Å². The summed E-state index contributed by atoms with van der Waals surface area (Å²) in [7, 11) is 0. The molecule has 0 bridgehead atoms. The summed E-state index contributed by atoms with van der Waals surface area (Å²) in [6, 6.07) is 9.78. The molecule has 0 saturated heterocycles. The van der Waals surface area contributed by atoms with Gasteiger partial charge in [0.15, 0.2) is 10.4 Å². The maximum absolute atomic E-state index is 12.1. The molecule has 1 heterocycles. The van der Waals surface area contributed by atoms with Crippen molar-refractivity contribution < 1.29 is 14.0 Å². The Morgan fingerprint density at radius 3 is 2.25 bits per heavy atom. The fourth-order valence-corrected chi connectivity index (χ4v) is 2.07. The molecule has 2 aromatic rings. The van der Waals surface area contributed by atoms with Gasteiger partial charge < -0.3 is 20.8 Å². The largest absolute Gasteiger partial charge is 0.444 e. The van der Waals surface area contributed by atoms with E-state index in [1.54, 1.807) is 36.4 Å². The van der Waals surface area contributed by atoms with Gasteiger partial charge in [-0.3, -0.25) is 9.59 Å². The monoisotopic (exact) mass is 415 g/mol. The number of hydrogen-bond acceptors (Lipinski definition) is 4. The fraction of sp³-hybridized carbons (Fsp3) is 0.250. The Morgan fingerprint density at radius 1 is 1.12 bits per heavy atom. The molecule has 8 heteroatoms. The fourth-order valence-electron chi connectivity index (χ4n) is 1.76. The predicted molar refractivity (Wildman–Crippen MR) is 98.7 cm³/mol. The minimum Gasteiger partial charge on any atom is -0.444 e. The number of carbonyl (C=O) groups excluding carboxylic acids is 2. The van der Waals surface area contributed by atoms with Crippen LogP contribution >= 0.6 is 28.3 Å². The smallest absolute Gasteiger partial charge is 0.291 e. The number of furan rings is 1. The van der Waals surface area contributed by atoms with Crippen LogP contribution in [-0.4, -0.2) is 23.9 Å². The number of benzene rings is 1. The van der Waals surface area contributed by atoms with Crippen LogP contribution in [0.3, 0.4) is 0 Å². The molecule has 6 nitrogen and oxygen atoms in total. The maximum atomic E-state index is 12.1. The van der Waals surface area contributed by atoms with Crippen LogP contribution < -0.4 is 16.4 Å². The van der Waals surface area contributed by atoms with Gasteiger partial charge in [0.05, 0.1) is 0 Å². The third-order valence-electron chi connectivity index (χ3n) is 3.16. The van der Waals surface area contributed by atoms with Gasteiger partial charge >= 0.3 is 0 Å². The number of nitrogens with two attached hydrogens (primary N) is 1. The molecule has 0 fully saturated rings. The van der Waals surface area contributed by atoms with Gasteiger partial charge in [-0.2, -0.15) is 0 Å². The van der Waals surface area contributed by atoms with Crippen molar-refractivity contribution in [3.05, 3.63) is 52.4 Å². The first-order chi connectivity index (χ1) is 10.8. The summed E-state index contributed by atoms with van der Waals surface area (Å²) in [6.45, 7) is 4.04. The van der Waals surface area contributed by atoms with Crippen molar-refractivity contribution in [1.29, 1.82) is 0 Å². The first-order valence-electron chi connectivity index (χ1n) is 7.00. The van der Waals surface area contributed by atoms with Gasteiger partial charge in [-0.15, -0.1) is 12.4 Å². The molecule has 0 aliphatic rings. The maximum Gasteiger partial charge on any atom is 0.291 e. The molecule has 0 aliphatic carbocycles. The highest BCUT2D eigenvalue weighted by Gasteiger charge is 2.19. The molecule has 24 heavy (non-hydrogen) atoms. The average Bonchev–Trinajstić information content (AvgIpc) is 2.94. The van der Waals surface area contributed by atoms with Gasteiger partial charge in [0, 0.05) is 23.3 Å². The Morgan fingerprint density at radius 2 is 1.75 bits per heavy atom. The second-order valence-corrected chi connectivity index (χ2v) is 6.46. The molecule has 2 rings (SSSR count). The highest BCUT2D eigenvalue weighted by molar-refractivity contribution is 9.10. The van der Waals surface area contributed by atoms with Crippen LogP contribution in [0.15, 0.2) is 45.5 Å².